The van der Waals surface area contributed by atoms with E-state index >= 15 is 0 Å². The Bertz CT molecular complexity index is 180. The van der Waals surface area contributed by atoms with E-state index in [-0.39, 0.29) is 18.3 Å². The van der Waals surface area contributed by atoms with Gasteiger partial charge in [0.05, 0.1) is 0 Å². The molecular formula is C8H10O3. The van der Waals surface area contributed by atoms with Crippen LogP contribution in [0.4, 0.5) is 0 Å². The van der Waals surface area contributed by atoms with Crippen molar-refractivity contribution in [2.45, 2.75) is 25.4 Å². The molecule has 1 fully saturated rings. The van der Waals surface area contributed by atoms with Gasteiger partial charge in [0.2, 0.25) is 0 Å². The molecule has 0 spiro atoms. The lowest BCUT2D eigenvalue weighted by Gasteiger charge is -2.19. The molecule has 60 valence electrons. The lowest BCUT2D eigenvalue weighted by Crippen LogP contribution is -2.29. The molecule has 0 amide bonds. The summed E-state index contributed by atoms with van der Waals surface area (Å²) in [5.41, 5.74) is 0. The van der Waals surface area contributed by atoms with E-state index in [0.29, 0.717) is 12.8 Å². The number of carbonyl (C=O) groups is 2. The summed E-state index contributed by atoms with van der Waals surface area (Å²) < 4.78 is 4.87. The summed E-state index contributed by atoms with van der Waals surface area (Å²) in [6.07, 6.45) is 2.24. The number of hydrogen-bond donors (Lipinski definition) is 0. The Morgan fingerprint density at radius 2 is 2.36 bits per heavy atom. The van der Waals surface area contributed by atoms with E-state index in [1.807, 2.05) is 0 Å². The van der Waals surface area contributed by atoms with Gasteiger partial charge >= 0.3 is 5.97 Å². The molecule has 1 aliphatic heterocycles. The highest BCUT2D eigenvalue weighted by Gasteiger charge is 2.25. The van der Waals surface area contributed by atoms with Crippen LogP contribution in [-0.2, 0) is 14.3 Å². The number of ketones is 1. The lowest BCUT2D eigenvalue weighted by molar-refractivity contribution is -0.157. The van der Waals surface area contributed by atoms with Gasteiger partial charge in [-0.15, -0.1) is 6.58 Å². The molecule has 0 saturated carbocycles. The molecular weight excluding hydrogens is 144 g/mol. The molecule has 3 heteroatoms. The number of esters is 1. The van der Waals surface area contributed by atoms with Gasteiger partial charge in [0, 0.05) is 12.8 Å². The first-order valence-electron chi connectivity index (χ1n) is 3.54. The largest absolute Gasteiger partial charge is 0.461 e. The second kappa shape index (κ2) is 3.32. The summed E-state index contributed by atoms with van der Waals surface area (Å²) in [5.74, 6) is -0.443. The zero-order valence-electron chi connectivity index (χ0n) is 6.21. The van der Waals surface area contributed by atoms with E-state index < -0.39 is 5.97 Å². The van der Waals surface area contributed by atoms with Crippen molar-refractivity contribution in [3.63, 3.8) is 0 Å². The van der Waals surface area contributed by atoms with E-state index in [4.69, 9.17) is 4.74 Å². The maximum atomic E-state index is 10.8. The quantitative estimate of drug-likeness (QED) is 0.336. The van der Waals surface area contributed by atoms with Crippen molar-refractivity contribution in [1.82, 2.24) is 0 Å². The minimum absolute atomic E-state index is 0.0342. The third kappa shape index (κ3) is 2.18. The van der Waals surface area contributed by atoms with Crippen LogP contribution >= 0.6 is 0 Å². The van der Waals surface area contributed by atoms with Crippen molar-refractivity contribution in [1.29, 1.82) is 0 Å². The van der Waals surface area contributed by atoms with Crippen molar-refractivity contribution < 1.29 is 14.3 Å². The molecule has 0 bridgehead atoms. The Morgan fingerprint density at radius 3 is 2.91 bits per heavy atom. The maximum absolute atomic E-state index is 10.8. The Hall–Kier alpha value is -1.12. The number of rotatable bonds is 2. The summed E-state index contributed by atoms with van der Waals surface area (Å²) in [5, 5.41) is 0. The van der Waals surface area contributed by atoms with Crippen LogP contribution in [0.5, 0.6) is 0 Å². The second-order valence-corrected chi connectivity index (χ2v) is 2.56. The highest BCUT2D eigenvalue weighted by Crippen LogP contribution is 2.13. The number of ether oxygens (including phenoxy) is 1. The molecule has 1 aliphatic rings. The SMILES string of the molecule is C=CC[C@@H]1CC(=O)CC(=O)O1. The first-order chi connectivity index (χ1) is 5.22. The number of Topliss-reactive ketones (excluding diaryl/α,β-unsaturated/α-hetero) is 1. The summed E-state index contributed by atoms with van der Waals surface area (Å²) in [6.45, 7) is 3.50. The van der Waals surface area contributed by atoms with Gasteiger partial charge in [-0.3, -0.25) is 9.59 Å². The van der Waals surface area contributed by atoms with Crippen LogP contribution in [0.1, 0.15) is 19.3 Å². The van der Waals surface area contributed by atoms with Crippen molar-refractivity contribution in [2.75, 3.05) is 0 Å². The van der Waals surface area contributed by atoms with Gasteiger partial charge in [0.25, 0.3) is 0 Å². The number of carbonyl (C=O) groups excluding carboxylic acids is 2. The highest BCUT2D eigenvalue weighted by atomic mass is 16.5. The van der Waals surface area contributed by atoms with Gasteiger partial charge in [-0.25, -0.2) is 0 Å². The van der Waals surface area contributed by atoms with Crippen LogP contribution in [0.15, 0.2) is 12.7 Å². The first kappa shape index (κ1) is 7.98. The van der Waals surface area contributed by atoms with Crippen molar-refractivity contribution >= 4 is 11.8 Å². The number of cyclic esters (lactones) is 1. The molecule has 0 unspecified atom stereocenters. The summed E-state index contributed by atoms with van der Waals surface area (Å²) in [6, 6.07) is 0. The third-order valence-electron chi connectivity index (χ3n) is 1.52. The van der Waals surface area contributed by atoms with Crippen molar-refractivity contribution in [3.8, 4) is 0 Å². The molecule has 3 nitrogen and oxygen atoms in total. The zero-order chi connectivity index (χ0) is 8.27. The molecule has 0 N–H and O–H groups in total. The first-order valence-corrected chi connectivity index (χ1v) is 3.54. The molecule has 1 rings (SSSR count). The summed E-state index contributed by atoms with van der Waals surface area (Å²) >= 11 is 0. The third-order valence-corrected chi connectivity index (χ3v) is 1.52. The maximum Gasteiger partial charge on any atom is 0.313 e. The predicted molar refractivity (Wildman–Crippen MR) is 38.9 cm³/mol. The van der Waals surface area contributed by atoms with E-state index in [2.05, 4.69) is 6.58 Å². The van der Waals surface area contributed by atoms with E-state index in [1.165, 1.54) is 0 Å². The second-order valence-electron chi connectivity index (χ2n) is 2.56. The molecule has 0 aromatic rings. The smallest absolute Gasteiger partial charge is 0.313 e. The van der Waals surface area contributed by atoms with Gasteiger partial charge < -0.3 is 4.74 Å². The fourth-order valence-electron chi connectivity index (χ4n) is 1.07. The van der Waals surface area contributed by atoms with Gasteiger partial charge in [-0.05, 0) is 0 Å². The topological polar surface area (TPSA) is 43.4 Å². The van der Waals surface area contributed by atoms with Crippen LogP contribution in [-0.4, -0.2) is 17.9 Å². The molecule has 0 aromatic heterocycles. The predicted octanol–water partition coefficient (Wildman–Crippen LogP) is 0.837. The van der Waals surface area contributed by atoms with Crippen molar-refractivity contribution in [3.05, 3.63) is 12.7 Å². The Morgan fingerprint density at radius 1 is 1.64 bits per heavy atom. The summed E-state index contributed by atoms with van der Waals surface area (Å²) in [7, 11) is 0. The minimum Gasteiger partial charge on any atom is -0.461 e. The average molecular weight is 154 g/mol. The monoisotopic (exact) mass is 154 g/mol. The lowest BCUT2D eigenvalue weighted by atomic mass is 10.1. The van der Waals surface area contributed by atoms with Gasteiger partial charge in [-0.2, -0.15) is 0 Å². The fraction of sp³-hybridized carbons (Fsp3) is 0.500. The Balaban J connectivity index is 2.49. The van der Waals surface area contributed by atoms with Crippen LogP contribution in [0, 0.1) is 0 Å². The minimum atomic E-state index is -0.409. The number of hydrogen-bond acceptors (Lipinski definition) is 3. The standard InChI is InChI=1S/C8H10O3/c1-2-3-7-4-6(9)5-8(10)11-7/h2,7H,1,3-5H2/t7-/m1/s1. The van der Waals surface area contributed by atoms with E-state index in [9.17, 15) is 9.59 Å². The molecule has 1 saturated heterocycles. The average Bonchev–Trinajstić information content (AvgIpc) is 1.85. The van der Waals surface area contributed by atoms with E-state index in [0.717, 1.165) is 0 Å². The van der Waals surface area contributed by atoms with Crippen LogP contribution < -0.4 is 0 Å². The molecule has 1 atom stereocenters. The van der Waals surface area contributed by atoms with Gasteiger partial charge in [-0.1, -0.05) is 6.08 Å². The Kier molecular flexibility index (Phi) is 2.41. The summed E-state index contributed by atoms with van der Waals surface area (Å²) in [4.78, 5) is 21.5. The molecule has 0 radical (unpaired) electrons. The van der Waals surface area contributed by atoms with Crippen LogP contribution in [0.2, 0.25) is 0 Å². The van der Waals surface area contributed by atoms with Crippen LogP contribution in [0.25, 0.3) is 0 Å². The molecule has 0 aromatic carbocycles. The highest BCUT2D eigenvalue weighted by molar-refractivity contribution is 5.97. The Labute approximate surface area is 65.0 Å². The normalized spacial score (nSPS) is 24.5. The zero-order valence-corrected chi connectivity index (χ0v) is 6.21. The fourth-order valence-corrected chi connectivity index (χ4v) is 1.07. The van der Waals surface area contributed by atoms with E-state index in [1.54, 1.807) is 6.08 Å². The van der Waals surface area contributed by atoms with Gasteiger partial charge in [0.15, 0.2) is 0 Å². The van der Waals surface area contributed by atoms with Crippen molar-refractivity contribution in [2.24, 2.45) is 0 Å². The molecule has 11 heavy (non-hydrogen) atoms. The molecule has 1 heterocycles. The molecule has 0 aliphatic carbocycles. The van der Waals surface area contributed by atoms with Gasteiger partial charge in [0.1, 0.15) is 18.3 Å². The van der Waals surface area contributed by atoms with Crippen LogP contribution in [0.3, 0.4) is 0 Å².